The molecule has 1 aliphatic carbocycles. The van der Waals surface area contributed by atoms with E-state index in [1.54, 1.807) is 7.05 Å². The molecule has 7 heteroatoms. The van der Waals surface area contributed by atoms with E-state index in [0.717, 1.165) is 38.2 Å². The number of rotatable bonds is 5. The van der Waals surface area contributed by atoms with Crippen molar-refractivity contribution in [3.63, 3.8) is 0 Å². The fourth-order valence-corrected chi connectivity index (χ4v) is 4.24. The summed E-state index contributed by atoms with van der Waals surface area (Å²) in [7, 11) is 1.70. The molecule has 2 unspecified atom stereocenters. The topological polar surface area (TPSA) is 77.0 Å². The number of carbonyl (C=O) groups excluding carboxylic acids is 2. The van der Waals surface area contributed by atoms with Crippen LogP contribution in [0.2, 0.25) is 0 Å². The number of carbonyl (C=O) groups is 2. The number of guanidine groups is 1. The number of benzene rings is 1. The molecule has 2 N–H and O–H groups in total. The third kappa shape index (κ3) is 3.63. The summed E-state index contributed by atoms with van der Waals surface area (Å²) in [6, 6.07) is 9.93. The van der Waals surface area contributed by atoms with Gasteiger partial charge >= 0.3 is 6.03 Å². The number of likely N-dealkylation sites (N-methyl/N-ethyl adjacent to an activating group) is 1. The maximum atomic E-state index is 12.6. The lowest BCUT2D eigenvalue weighted by atomic mass is 10.1. The van der Waals surface area contributed by atoms with Crippen LogP contribution in [0.15, 0.2) is 35.3 Å². The quantitative estimate of drug-likeness (QED) is 0.828. The lowest BCUT2D eigenvalue weighted by Crippen LogP contribution is -2.64. The molecule has 7 nitrogen and oxygen atoms in total. The van der Waals surface area contributed by atoms with Crippen molar-refractivity contribution in [1.82, 2.24) is 20.4 Å². The van der Waals surface area contributed by atoms with Gasteiger partial charge in [-0.1, -0.05) is 43.2 Å². The number of aliphatic imine (C=N–C) groups is 1. The number of imide groups is 1. The largest absolute Gasteiger partial charge is 0.353 e. The molecule has 3 aliphatic rings. The van der Waals surface area contributed by atoms with Gasteiger partial charge in [0.1, 0.15) is 0 Å². The predicted octanol–water partition coefficient (Wildman–Crippen LogP) is 1.70. The van der Waals surface area contributed by atoms with Crippen LogP contribution in [0.5, 0.6) is 0 Å². The van der Waals surface area contributed by atoms with Crippen molar-refractivity contribution in [1.29, 1.82) is 0 Å². The Labute approximate surface area is 159 Å². The molecule has 4 rings (SSSR count). The molecule has 1 aromatic rings. The third-order valence-electron chi connectivity index (χ3n) is 5.76. The zero-order valence-electron chi connectivity index (χ0n) is 15.7. The highest BCUT2D eigenvalue weighted by atomic mass is 16.2. The van der Waals surface area contributed by atoms with Gasteiger partial charge < -0.3 is 15.1 Å². The molecule has 3 amide bonds. The highest BCUT2D eigenvalue weighted by Gasteiger charge is 2.48. The van der Waals surface area contributed by atoms with Gasteiger partial charge in [-0.25, -0.2) is 9.79 Å². The van der Waals surface area contributed by atoms with E-state index in [0.29, 0.717) is 6.04 Å². The molecule has 0 bridgehead atoms. The van der Waals surface area contributed by atoms with Crippen LogP contribution in [-0.2, 0) is 11.2 Å². The summed E-state index contributed by atoms with van der Waals surface area (Å²) in [5.74, 6) is 0.511. The van der Waals surface area contributed by atoms with Gasteiger partial charge in [-0.3, -0.25) is 10.1 Å². The Kier molecular flexibility index (Phi) is 5.01. The number of nitrogens with zero attached hydrogens (tertiary/aromatic N) is 3. The van der Waals surface area contributed by atoms with E-state index in [9.17, 15) is 9.59 Å². The molecule has 0 radical (unpaired) electrons. The summed E-state index contributed by atoms with van der Waals surface area (Å²) < 4.78 is 0. The Bertz CT molecular complexity index is 729. The lowest BCUT2D eigenvalue weighted by molar-refractivity contribution is -0.127. The third-order valence-corrected chi connectivity index (χ3v) is 5.76. The summed E-state index contributed by atoms with van der Waals surface area (Å²) in [5.41, 5.74) is 1.29. The van der Waals surface area contributed by atoms with Crippen LogP contribution < -0.4 is 10.6 Å². The minimum atomic E-state index is -0.452. The van der Waals surface area contributed by atoms with Crippen LogP contribution in [0.4, 0.5) is 4.79 Å². The monoisotopic (exact) mass is 369 g/mol. The SMILES string of the molecule is CN1C(=O)NC(=O)C2C1N=C(NC1CCCC1)N2CCCc1ccccc1. The minimum Gasteiger partial charge on any atom is -0.353 e. The Morgan fingerprint density at radius 3 is 2.67 bits per heavy atom. The van der Waals surface area contributed by atoms with Crippen molar-refractivity contribution in [2.24, 2.45) is 4.99 Å². The van der Waals surface area contributed by atoms with Crippen molar-refractivity contribution < 1.29 is 9.59 Å². The summed E-state index contributed by atoms with van der Waals surface area (Å²) in [4.78, 5) is 32.9. The fourth-order valence-electron chi connectivity index (χ4n) is 4.24. The van der Waals surface area contributed by atoms with Gasteiger partial charge in [0.2, 0.25) is 0 Å². The number of hydrogen-bond acceptors (Lipinski definition) is 5. The van der Waals surface area contributed by atoms with E-state index in [2.05, 4.69) is 27.7 Å². The number of aryl methyl sites for hydroxylation is 1. The van der Waals surface area contributed by atoms with Gasteiger partial charge in [0, 0.05) is 19.6 Å². The maximum Gasteiger partial charge on any atom is 0.325 e. The van der Waals surface area contributed by atoms with Crippen molar-refractivity contribution >= 4 is 17.9 Å². The van der Waals surface area contributed by atoms with Crippen molar-refractivity contribution in [2.45, 2.75) is 56.8 Å². The van der Waals surface area contributed by atoms with Gasteiger partial charge in [0.05, 0.1) is 0 Å². The van der Waals surface area contributed by atoms with E-state index in [1.807, 2.05) is 18.2 Å². The zero-order chi connectivity index (χ0) is 18.8. The van der Waals surface area contributed by atoms with Gasteiger partial charge in [0.25, 0.3) is 5.91 Å². The number of hydrogen-bond donors (Lipinski definition) is 2. The zero-order valence-corrected chi connectivity index (χ0v) is 15.7. The number of nitrogens with one attached hydrogen (secondary N) is 2. The molecule has 27 heavy (non-hydrogen) atoms. The maximum absolute atomic E-state index is 12.6. The van der Waals surface area contributed by atoms with E-state index < -0.39 is 12.2 Å². The normalized spacial score (nSPS) is 25.4. The first-order chi connectivity index (χ1) is 13.1. The molecule has 2 aliphatic heterocycles. The first kappa shape index (κ1) is 17.8. The van der Waals surface area contributed by atoms with E-state index in [1.165, 1.54) is 23.3 Å². The molecular weight excluding hydrogens is 342 g/mol. The Morgan fingerprint density at radius 2 is 1.93 bits per heavy atom. The van der Waals surface area contributed by atoms with Crippen LogP contribution in [0, 0.1) is 0 Å². The fraction of sp³-hybridized carbons (Fsp3) is 0.550. The summed E-state index contributed by atoms with van der Waals surface area (Å²) in [6.07, 6.45) is 6.13. The summed E-state index contributed by atoms with van der Waals surface area (Å²) >= 11 is 0. The first-order valence-electron chi connectivity index (χ1n) is 9.86. The summed E-state index contributed by atoms with van der Waals surface area (Å²) in [5, 5.41) is 6.00. The molecule has 144 valence electrons. The Morgan fingerprint density at radius 1 is 1.19 bits per heavy atom. The van der Waals surface area contributed by atoms with Gasteiger partial charge in [-0.15, -0.1) is 0 Å². The van der Waals surface area contributed by atoms with E-state index in [4.69, 9.17) is 4.99 Å². The van der Waals surface area contributed by atoms with E-state index >= 15 is 0 Å². The molecule has 2 atom stereocenters. The number of fused-ring (bicyclic) bond motifs is 1. The average molecular weight is 369 g/mol. The standard InChI is InChI=1S/C20H27N5O2/c1-24-17-16(18(26)23-20(24)27)25(13-7-10-14-8-3-2-4-9-14)19(22-17)21-15-11-5-6-12-15/h2-4,8-9,15-17H,5-7,10-13H2,1H3,(H,21,22)(H,23,26,27). The van der Waals surface area contributed by atoms with Crippen molar-refractivity contribution in [3.8, 4) is 0 Å². The van der Waals surface area contributed by atoms with E-state index in [-0.39, 0.29) is 11.9 Å². The second-order valence-electron chi connectivity index (χ2n) is 7.62. The molecule has 1 saturated carbocycles. The molecule has 0 aromatic heterocycles. The highest BCUT2D eigenvalue weighted by molar-refractivity contribution is 6.03. The molecule has 2 heterocycles. The Hall–Kier alpha value is -2.57. The Balaban J connectivity index is 1.49. The van der Waals surface area contributed by atoms with Crippen LogP contribution >= 0.6 is 0 Å². The summed E-state index contributed by atoms with van der Waals surface area (Å²) in [6.45, 7) is 0.726. The predicted molar refractivity (Wildman–Crippen MR) is 103 cm³/mol. The number of amides is 3. The van der Waals surface area contributed by atoms with Gasteiger partial charge in [-0.2, -0.15) is 0 Å². The van der Waals surface area contributed by atoms with Crippen molar-refractivity contribution in [3.05, 3.63) is 35.9 Å². The molecule has 0 spiro atoms. The number of urea groups is 1. The van der Waals surface area contributed by atoms with Crippen LogP contribution in [0.25, 0.3) is 0 Å². The molecule has 1 aromatic carbocycles. The first-order valence-corrected chi connectivity index (χ1v) is 9.86. The molecule has 1 saturated heterocycles. The second kappa shape index (κ2) is 7.58. The molecule has 2 fully saturated rings. The van der Waals surface area contributed by atoms with Crippen molar-refractivity contribution in [2.75, 3.05) is 13.6 Å². The molecular formula is C20H27N5O2. The smallest absolute Gasteiger partial charge is 0.325 e. The minimum absolute atomic E-state index is 0.255. The van der Waals surface area contributed by atoms with Crippen LogP contribution in [0.3, 0.4) is 0 Å². The van der Waals surface area contributed by atoms with Gasteiger partial charge in [0.15, 0.2) is 18.2 Å². The second-order valence-corrected chi connectivity index (χ2v) is 7.62. The lowest BCUT2D eigenvalue weighted by Gasteiger charge is -2.36. The van der Waals surface area contributed by atoms with Crippen LogP contribution in [-0.4, -0.2) is 59.5 Å². The van der Waals surface area contributed by atoms with Gasteiger partial charge in [-0.05, 0) is 31.2 Å². The average Bonchev–Trinajstić information content (AvgIpc) is 3.30. The highest BCUT2D eigenvalue weighted by Crippen LogP contribution is 2.25. The van der Waals surface area contributed by atoms with Crippen LogP contribution in [0.1, 0.15) is 37.7 Å².